The molecule has 0 aliphatic carbocycles. The third-order valence-electron chi connectivity index (χ3n) is 5.08. The van der Waals surface area contributed by atoms with Crippen LogP contribution in [0.3, 0.4) is 0 Å². The lowest BCUT2D eigenvalue weighted by molar-refractivity contribution is -0.862. The van der Waals surface area contributed by atoms with Crippen LogP contribution in [0.25, 0.3) is 0 Å². The summed E-state index contributed by atoms with van der Waals surface area (Å²) >= 11 is 0. The first-order chi connectivity index (χ1) is 14.2. The molecule has 7 heteroatoms. The number of aryl methyl sites for hydroxylation is 1. The van der Waals surface area contributed by atoms with Crippen molar-refractivity contribution in [3.05, 3.63) is 53.1 Å². The molecule has 30 heavy (non-hydrogen) atoms. The minimum atomic E-state index is -0.265. The summed E-state index contributed by atoms with van der Waals surface area (Å²) in [6.45, 7) is 6.24. The molecule has 7 nitrogen and oxygen atoms in total. The Labute approximate surface area is 178 Å². The fourth-order valence-electron chi connectivity index (χ4n) is 3.24. The van der Waals surface area contributed by atoms with E-state index in [0.717, 1.165) is 27.3 Å². The summed E-state index contributed by atoms with van der Waals surface area (Å²) in [6.07, 6.45) is 0. The number of nitrogens with one attached hydrogen (secondary N) is 3. The maximum Gasteiger partial charge on any atom is 0.279 e. The van der Waals surface area contributed by atoms with E-state index in [1.807, 2.05) is 64.2 Å². The molecule has 0 saturated carbocycles. The first-order valence-electron chi connectivity index (χ1n) is 9.93. The summed E-state index contributed by atoms with van der Waals surface area (Å²) in [4.78, 5) is 25.7. The molecule has 0 bridgehead atoms. The summed E-state index contributed by atoms with van der Waals surface area (Å²) in [5.74, 6) is 1.09. The van der Waals surface area contributed by atoms with E-state index in [1.165, 1.54) is 0 Å². The lowest BCUT2D eigenvalue weighted by atomic mass is 10.1. The molecule has 0 fully saturated rings. The van der Waals surface area contributed by atoms with Crippen molar-refractivity contribution in [1.29, 1.82) is 0 Å². The van der Waals surface area contributed by atoms with Crippen LogP contribution in [0.4, 0.5) is 5.69 Å². The Bertz CT molecular complexity index is 898. The second-order valence-corrected chi connectivity index (χ2v) is 7.50. The highest BCUT2D eigenvalue weighted by Crippen LogP contribution is 2.29. The Hall–Kier alpha value is -3.06. The van der Waals surface area contributed by atoms with Crippen LogP contribution in [0.5, 0.6) is 11.5 Å². The summed E-state index contributed by atoms with van der Waals surface area (Å²) in [5, 5.41) is 5.89. The molecular formula is C23H32N3O4+. The summed E-state index contributed by atoms with van der Waals surface area (Å²) in [6, 6.07) is 11.0. The van der Waals surface area contributed by atoms with Crippen molar-refractivity contribution < 1.29 is 24.0 Å². The van der Waals surface area contributed by atoms with Crippen LogP contribution < -0.4 is 25.0 Å². The van der Waals surface area contributed by atoms with Crippen molar-refractivity contribution in [2.45, 2.75) is 26.8 Å². The molecule has 2 aromatic carbocycles. The molecule has 0 spiro atoms. The number of benzene rings is 2. The van der Waals surface area contributed by atoms with Crippen molar-refractivity contribution in [3.63, 3.8) is 0 Å². The average Bonchev–Trinajstić information content (AvgIpc) is 2.70. The number of amides is 2. The Morgan fingerprint density at radius 2 is 1.73 bits per heavy atom. The molecule has 0 aromatic heterocycles. The Morgan fingerprint density at radius 1 is 1.03 bits per heavy atom. The van der Waals surface area contributed by atoms with Gasteiger partial charge in [-0.1, -0.05) is 12.1 Å². The zero-order chi connectivity index (χ0) is 22.3. The molecule has 2 amide bonds. The molecule has 0 saturated heterocycles. The lowest BCUT2D eigenvalue weighted by Gasteiger charge is -2.19. The highest BCUT2D eigenvalue weighted by Gasteiger charge is 2.19. The minimum Gasteiger partial charge on any atom is -0.497 e. The number of ether oxygens (including phenoxy) is 2. The monoisotopic (exact) mass is 414 g/mol. The third kappa shape index (κ3) is 6.22. The van der Waals surface area contributed by atoms with Crippen LogP contribution in [0, 0.1) is 13.8 Å². The van der Waals surface area contributed by atoms with Crippen molar-refractivity contribution in [3.8, 4) is 11.5 Å². The van der Waals surface area contributed by atoms with E-state index in [1.54, 1.807) is 14.2 Å². The molecule has 0 aliphatic heterocycles. The van der Waals surface area contributed by atoms with Gasteiger partial charge in [0.1, 0.15) is 11.5 Å². The molecule has 162 valence electrons. The molecule has 0 aliphatic rings. The topological polar surface area (TPSA) is 81.1 Å². The first kappa shape index (κ1) is 23.2. The largest absolute Gasteiger partial charge is 0.497 e. The van der Waals surface area contributed by atoms with Gasteiger partial charge in [-0.25, -0.2) is 0 Å². The Balaban J connectivity index is 1.91. The van der Waals surface area contributed by atoms with Gasteiger partial charge in [-0.2, -0.15) is 0 Å². The molecule has 2 aromatic rings. The van der Waals surface area contributed by atoms with E-state index in [0.29, 0.717) is 11.5 Å². The molecule has 0 radical (unpaired) electrons. The second kappa shape index (κ2) is 10.6. The van der Waals surface area contributed by atoms with Crippen molar-refractivity contribution in [2.75, 3.05) is 39.7 Å². The molecule has 3 N–H and O–H groups in total. The van der Waals surface area contributed by atoms with E-state index in [2.05, 4.69) is 10.6 Å². The van der Waals surface area contributed by atoms with Gasteiger partial charge in [0.05, 0.1) is 27.3 Å². The summed E-state index contributed by atoms with van der Waals surface area (Å²) < 4.78 is 10.7. The van der Waals surface area contributed by atoms with E-state index in [4.69, 9.17) is 9.47 Å². The number of anilines is 1. The van der Waals surface area contributed by atoms with Gasteiger partial charge in [-0.05, 0) is 56.2 Å². The summed E-state index contributed by atoms with van der Waals surface area (Å²) in [5.41, 5.74) is 3.80. The van der Waals surface area contributed by atoms with Gasteiger partial charge in [-0.15, -0.1) is 0 Å². The predicted octanol–water partition coefficient (Wildman–Crippen LogP) is 1.65. The first-order valence-corrected chi connectivity index (χ1v) is 9.93. The van der Waals surface area contributed by atoms with Crippen LogP contribution in [0.1, 0.15) is 29.7 Å². The molecule has 2 rings (SSSR count). The molecule has 2 atom stereocenters. The smallest absolute Gasteiger partial charge is 0.279 e. The number of hydrogen-bond donors (Lipinski definition) is 3. The number of hydrogen-bond acceptors (Lipinski definition) is 4. The normalized spacial score (nSPS) is 12.6. The van der Waals surface area contributed by atoms with Crippen molar-refractivity contribution in [2.24, 2.45) is 0 Å². The minimum absolute atomic E-state index is 0.128. The van der Waals surface area contributed by atoms with Gasteiger partial charge >= 0.3 is 0 Å². The fraction of sp³-hybridized carbons (Fsp3) is 0.391. The average molecular weight is 415 g/mol. The Morgan fingerprint density at radius 3 is 2.40 bits per heavy atom. The van der Waals surface area contributed by atoms with Gasteiger partial charge in [-0.3, -0.25) is 9.59 Å². The van der Waals surface area contributed by atoms with E-state index in [-0.39, 0.29) is 30.9 Å². The number of likely N-dealkylation sites (N-methyl/N-ethyl adjacent to an activating group) is 1. The van der Waals surface area contributed by atoms with Crippen LogP contribution >= 0.6 is 0 Å². The highest BCUT2D eigenvalue weighted by molar-refractivity contribution is 5.92. The molecule has 0 heterocycles. The van der Waals surface area contributed by atoms with Gasteiger partial charge in [0, 0.05) is 11.3 Å². The Kier molecular flexibility index (Phi) is 8.24. The zero-order valence-electron chi connectivity index (χ0n) is 18.6. The van der Waals surface area contributed by atoms with E-state index in [9.17, 15) is 9.59 Å². The standard InChI is InChI=1S/C23H31N3O4/c1-15-8-7-9-20(16(15)2)25-23(28)14-26(4)13-22(27)24-17(3)19-12-18(29-5)10-11-21(19)30-6/h7-12,17H,13-14H2,1-6H3,(H,24,27)(H,25,28)/p+1/t17-/m1/s1. The number of rotatable bonds is 9. The zero-order valence-corrected chi connectivity index (χ0v) is 18.6. The number of carbonyl (C=O) groups excluding carboxylic acids is 2. The lowest BCUT2D eigenvalue weighted by Crippen LogP contribution is -3.11. The number of methoxy groups -OCH3 is 2. The van der Waals surface area contributed by atoms with Crippen molar-refractivity contribution in [1.82, 2.24) is 5.32 Å². The van der Waals surface area contributed by atoms with Crippen LogP contribution in [-0.2, 0) is 9.59 Å². The SMILES string of the molecule is COc1ccc(OC)c([C@@H](C)NC(=O)C[NH+](C)CC(=O)Nc2cccc(C)c2C)c1. The van der Waals surface area contributed by atoms with Crippen LogP contribution in [-0.4, -0.2) is 46.2 Å². The molecule has 1 unspecified atom stereocenters. The summed E-state index contributed by atoms with van der Waals surface area (Å²) in [7, 11) is 5.00. The van der Waals surface area contributed by atoms with Gasteiger partial charge < -0.3 is 25.0 Å². The van der Waals surface area contributed by atoms with Crippen LogP contribution in [0.15, 0.2) is 36.4 Å². The highest BCUT2D eigenvalue weighted by atomic mass is 16.5. The molecular weight excluding hydrogens is 382 g/mol. The van der Waals surface area contributed by atoms with Gasteiger partial charge in [0.25, 0.3) is 11.8 Å². The number of quaternary nitrogens is 1. The van der Waals surface area contributed by atoms with Crippen LogP contribution in [0.2, 0.25) is 0 Å². The predicted molar refractivity (Wildman–Crippen MR) is 117 cm³/mol. The van der Waals surface area contributed by atoms with E-state index >= 15 is 0 Å². The van der Waals surface area contributed by atoms with E-state index < -0.39 is 0 Å². The third-order valence-corrected chi connectivity index (χ3v) is 5.08. The van der Waals surface area contributed by atoms with Crippen molar-refractivity contribution >= 4 is 17.5 Å². The quantitative estimate of drug-likeness (QED) is 0.583. The second-order valence-electron chi connectivity index (χ2n) is 7.50. The number of carbonyl (C=O) groups is 2. The van der Waals surface area contributed by atoms with Gasteiger partial charge in [0.2, 0.25) is 0 Å². The van der Waals surface area contributed by atoms with Gasteiger partial charge in [0.15, 0.2) is 13.1 Å². The fourth-order valence-corrected chi connectivity index (χ4v) is 3.24. The maximum absolute atomic E-state index is 12.5. The maximum atomic E-state index is 12.5.